The van der Waals surface area contributed by atoms with Crippen LogP contribution in [0.2, 0.25) is 0 Å². The summed E-state index contributed by atoms with van der Waals surface area (Å²) in [6.07, 6.45) is 7.07. The molecular weight excluding hydrogens is 254 g/mol. The van der Waals surface area contributed by atoms with Gasteiger partial charge < -0.3 is 15.4 Å². The van der Waals surface area contributed by atoms with E-state index >= 15 is 0 Å². The van der Waals surface area contributed by atoms with Crippen LogP contribution in [0.15, 0.2) is 4.99 Å². The molecule has 118 valence electrons. The van der Waals surface area contributed by atoms with Crippen molar-refractivity contribution in [2.45, 2.75) is 58.8 Å². The second-order valence-corrected chi connectivity index (χ2v) is 4.78. The Bertz CT molecular complexity index is 268. The van der Waals surface area contributed by atoms with Gasteiger partial charge in [-0.2, -0.15) is 0 Å². The van der Waals surface area contributed by atoms with Crippen molar-refractivity contribution in [3.8, 4) is 0 Å². The fourth-order valence-corrected chi connectivity index (χ4v) is 1.77. The molecule has 0 aliphatic rings. The van der Waals surface area contributed by atoms with Gasteiger partial charge in [0.1, 0.15) is 0 Å². The third kappa shape index (κ3) is 11.8. The quantitative estimate of drug-likeness (QED) is 0.265. The molecule has 0 saturated carbocycles. The summed E-state index contributed by atoms with van der Waals surface area (Å²) in [6.45, 7) is 6.91. The molecule has 0 aromatic rings. The highest BCUT2D eigenvalue weighted by Gasteiger charge is 2.00. The van der Waals surface area contributed by atoms with Crippen LogP contribution in [-0.4, -0.2) is 38.7 Å². The van der Waals surface area contributed by atoms with E-state index in [1.807, 2.05) is 0 Å². The van der Waals surface area contributed by atoms with E-state index in [0.29, 0.717) is 6.42 Å². The van der Waals surface area contributed by atoms with Crippen LogP contribution in [-0.2, 0) is 9.53 Å². The maximum absolute atomic E-state index is 10.9. The molecule has 0 radical (unpaired) electrons. The van der Waals surface area contributed by atoms with Crippen molar-refractivity contribution in [1.82, 2.24) is 10.6 Å². The van der Waals surface area contributed by atoms with Crippen molar-refractivity contribution >= 4 is 11.9 Å². The number of nitrogens with one attached hydrogen (secondary N) is 2. The van der Waals surface area contributed by atoms with Gasteiger partial charge in [0.25, 0.3) is 0 Å². The first-order chi connectivity index (χ1) is 9.74. The van der Waals surface area contributed by atoms with Crippen LogP contribution in [0.25, 0.3) is 0 Å². The maximum atomic E-state index is 10.9. The lowest BCUT2D eigenvalue weighted by molar-refractivity contribution is -0.140. The minimum absolute atomic E-state index is 0.121. The van der Waals surface area contributed by atoms with Gasteiger partial charge in [-0.3, -0.25) is 9.79 Å². The number of carbonyl (C=O) groups excluding carboxylic acids is 1. The summed E-state index contributed by atoms with van der Waals surface area (Å²) in [6, 6.07) is 0. The highest BCUT2D eigenvalue weighted by Crippen LogP contribution is 2.00. The van der Waals surface area contributed by atoms with Crippen LogP contribution < -0.4 is 10.6 Å². The fraction of sp³-hybridized carbons (Fsp3) is 0.867. The Hall–Kier alpha value is -1.26. The first kappa shape index (κ1) is 18.7. The molecular formula is C15H31N3O2. The summed E-state index contributed by atoms with van der Waals surface area (Å²) in [5.41, 5.74) is 0. The lowest BCUT2D eigenvalue weighted by Gasteiger charge is -2.11. The third-order valence-corrected chi connectivity index (χ3v) is 2.95. The molecule has 0 rings (SSSR count). The summed E-state index contributed by atoms with van der Waals surface area (Å²) in [5.74, 6) is 0.778. The molecule has 20 heavy (non-hydrogen) atoms. The van der Waals surface area contributed by atoms with Crippen LogP contribution in [0.5, 0.6) is 0 Å². The Balaban J connectivity index is 3.66. The molecule has 0 aliphatic carbocycles. The Morgan fingerprint density at radius 2 is 1.85 bits per heavy atom. The molecule has 5 nitrogen and oxygen atoms in total. The minimum Gasteiger partial charge on any atom is -0.469 e. The normalized spacial score (nSPS) is 11.2. The number of hydrogen-bond donors (Lipinski definition) is 2. The van der Waals surface area contributed by atoms with Crippen LogP contribution in [0.1, 0.15) is 58.8 Å². The number of unbranched alkanes of at least 4 members (excludes halogenated alkanes) is 4. The zero-order valence-electron chi connectivity index (χ0n) is 13.3. The number of rotatable bonds is 11. The Kier molecular flexibility index (Phi) is 13.3. The molecule has 0 spiro atoms. The molecule has 0 aromatic heterocycles. The standard InChI is InChI=1S/C15H31N3O2/c1-4-6-9-12-17-15(16-5-2)18-13-10-7-8-11-14(19)20-3/h4-13H2,1-3H3,(H2,16,17,18). The molecule has 0 amide bonds. The zero-order valence-corrected chi connectivity index (χ0v) is 13.3. The Labute approximate surface area is 123 Å². The SMILES string of the molecule is CCCCCN=C(NCC)NCCCCCC(=O)OC. The lowest BCUT2D eigenvalue weighted by atomic mass is 10.2. The highest BCUT2D eigenvalue weighted by molar-refractivity contribution is 5.79. The second-order valence-electron chi connectivity index (χ2n) is 4.78. The van der Waals surface area contributed by atoms with Crippen molar-refractivity contribution in [2.24, 2.45) is 4.99 Å². The van der Waals surface area contributed by atoms with Gasteiger partial charge in [0.05, 0.1) is 7.11 Å². The smallest absolute Gasteiger partial charge is 0.305 e. The van der Waals surface area contributed by atoms with Crippen LogP contribution >= 0.6 is 0 Å². The summed E-state index contributed by atoms with van der Waals surface area (Å²) < 4.78 is 4.61. The van der Waals surface area contributed by atoms with Gasteiger partial charge >= 0.3 is 5.97 Å². The van der Waals surface area contributed by atoms with Gasteiger partial charge in [0, 0.05) is 26.1 Å². The summed E-state index contributed by atoms with van der Waals surface area (Å²) >= 11 is 0. The molecule has 0 aromatic carbocycles. The molecule has 5 heteroatoms. The number of methoxy groups -OCH3 is 1. The summed E-state index contributed by atoms with van der Waals surface area (Å²) in [4.78, 5) is 15.5. The van der Waals surface area contributed by atoms with Crippen molar-refractivity contribution < 1.29 is 9.53 Å². The molecule has 0 heterocycles. The van der Waals surface area contributed by atoms with Crippen LogP contribution in [0.4, 0.5) is 0 Å². The molecule has 0 unspecified atom stereocenters. The summed E-state index contributed by atoms with van der Waals surface area (Å²) in [7, 11) is 1.43. The number of ether oxygens (including phenoxy) is 1. The average Bonchev–Trinajstić information content (AvgIpc) is 2.46. The highest BCUT2D eigenvalue weighted by atomic mass is 16.5. The maximum Gasteiger partial charge on any atom is 0.305 e. The molecule has 0 atom stereocenters. The van der Waals surface area contributed by atoms with E-state index < -0.39 is 0 Å². The number of esters is 1. The van der Waals surface area contributed by atoms with Crippen molar-refractivity contribution in [3.63, 3.8) is 0 Å². The molecule has 0 fully saturated rings. The zero-order chi connectivity index (χ0) is 15.1. The largest absolute Gasteiger partial charge is 0.469 e. The van der Waals surface area contributed by atoms with Crippen LogP contribution in [0, 0.1) is 0 Å². The molecule has 0 bridgehead atoms. The van der Waals surface area contributed by atoms with Gasteiger partial charge in [-0.1, -0.05) is 26.2 Å². The van der Waals surface area contributed by atoms with E-state index in [0.717, 1.165) is 51.3 Å². The number of aliphatic imine (C=N–C) groups is 1. The number of nitrogens with zero attached hydrogens (tertiary/aromatic N) is 1. The van der Waals surface area contributed by atoms with Crippen molar-refractivity contribution in [1.29, 1.82) is 0 Å². The van der Waals surface area contributed by atoms with Gasteiger partial charge in [-0.15, -0.1) is 0 Å². The van der Waals surface area contributed by atoms with E-state index in [4.69, 9.17) is 0 Å². The molecule has 0 aliphatic heterocycles. The van der Waals surface area contributed by atoms with Gasteiger partial charge in [-0.25, -0.2) is 0 Å². The monoisotopic (exact) mass is 285 g/mol. The number of carbonyl (C=O) groups is 1. The molecule has 0 saturated heterocycles. The molecule has 2 N–H and O–H groups in total. The van der Waals surface area contributed by atoms with Gasteiger partial charge in [0.2, 0.25) is 0 Å². The average molecular weight is 285 g/mol. The predicted molar refractivity (Wildman–Crippen MR) is 84.0 cm³/mol. The number of hydrogen-bond acceptors (Lipinski definition) is 3. The lowest BCUT2D eigenvalue weighted by Crippen LogP contribution is -2.37. The second kappa shape index (κ2) is 14.2. The summed E-state index contributed by atoms with van der Waals surface area (Å²) in [5, 5.41) is 6.56. The fourth-order valence-electron chi connectivity index (χ4n) is 1.77. The van der Waals surface area contributed by atoms with Gasteiger partial charge in [-0.05, 0) is 26.2 Å². The van der Waals surface area contributed by atoms with Gasteiger partial charge in [0.15, 0.2) is 5.96 Å². The topological polar surface area (TPSA) is 62.7 Å². The third-order valence-electron chi connectivity index (χ3n) is 2.95. The number of guanidine groups is 1. The predicted octanol–water partition coefficient (Wildman–Crippen LogP) is 2.47. The van der Waals surface area contributed by atoms with E-state index in [1.54, 1.807) is 0 Å². The van der Waals surface area contributed by atoms with E-state index in [2.05, 4.69) is 34.2 Å². The van der Waals surface area contributed by atoms with Crippen molar-refractivity contribution in [2.75, 3.05) is 26.7 Å². The first-order valence-corrected chi connectivity index (χ1v) is 7.83. The minimum atomic E-state index is -0.121. The Morgan fingerprint density at radius 3 is 2.50 bits per heavy atom. The van der Waals surface area contributed by atoms with E-state index in [-0.39, 0.29) is 5.97 Å². The first-order valence-electron chi connectivity index (χ1n) is 7.83. The van der Waals surface area contributed by atoms with E-state index in [1.165, 1.54) is 20.0 Å². The van der Waals surface area contributed by atoms with Crippen molar-refractivity contribution in [3.05, 3.63) is 0 Å². The van der Waals surface area contributed by atoms with E-state index in [9.17, 15) is 4.79 Å². The van der Waals surface area contributed by atoms with Crippen LogP contribution in [0.3, 0.4) is 0 Å². The Morgan fingerprint density at radius 1 is 1.05 bits per heavy atom.